The molecule has 2 heterocycles. The highest BCUT2D eigenvalue weighted by molar-refractivity contribution is 7.09. The molecule has 7 atom stereocenters. The molecule has 1 aromatic heterocycles. The number of aromatic hydroxyl groups is 1. The zero-order chi connectivity index (χ0) is 44.5. The summed E-state index contributed by atoms with van der Waals surface area (Å²) in [6, 6.07) is 5.54. The fraction of sp³-hybridized carbons (Fsp3) is 0.667. The van der Waals surface area contributed by atoms with Gasteiger partial charge in [-0.05, 0) is 81.6 Å². The van der Waals surface area contributed by atoms with E-state index < -0.39 is 29.8 Å². The van der Waals surface area contributed by atoms with Crippen LogP contribution in [0.2, 0.25) is 0 Å². The SMILES string of the molecule is CCCC(=O)OCN(C(=O)[C@@H](CC(=O)[C@H]1CCCCN1C)C(C)CC)[C@H](C[C@@H](C)c1nc(C(=O)N[C@@H](Cc2ccc(O)cc2)C[C@H](C)C(=O)NCC(=O)OC)cs1)C(C)C. The number of phenols is 1. The number of Topliss-reactive ketones (excluding diaryl/α,β-unsaturated/α-hetero) is 1. The second-order valence-electron chi connectivity index (χ2n) is 16.8. The van der Waals surface area contributed by atoms with E-state index in [-0.39, 0.29) is 97.4 Å². The molecule has 15 heteroatoms. The molecule has 60 heavy (non-hydrogen) atoms. The summed E-state index contributed by atoms with van der Waals surface area (Å²) in [6.45, 7) is 14.1. The molecule has 1 fully saturated rings. The van der Waals surface area contributed by atoms with Gasteiger partial charge < -0.3 is 30.1 Å². The monoisotopic (exact) mass is 855 g/mol. The van der Waals surface area contributed by atoms with Crippen LogP contribution in [-0.4, -0.2) is 107 Å². The fourth-order valence-electron chi connectivity index (χ4n) is 7.75. The number of methoxy groups -OCH3 is 1. The summed E-state index contributed by atoms with van der Waals surface area (Å²) in [5.74, 6) is -3.21. The van der Waals surface area contributed by atoms with E-state index >= 15 is 0 Å². The van der Waals surface area contributed by atoms with Crippen molar-refractivity contribution in [1.82, 2.24) is 25.4 Å². The molecule has 1 saturated heterocycles. The van der Waals surface area contributed by atoms with Gasteiger partial charge in [0.05, 0.1) is 18.2 Å². The number of amides is 3. The van der Waals surface area contributed by atoms with Crippen molar-refractivity contribution >= 4 is 46.8 Å². The molecule has 0 bridgehead atoms. The minimum Gasteiger partial charge on any atom is -0.508 e. The van der Waals surface area contributed by atoms with E-state index in [1.165, 1.54) is 18.4 Å². The van der Waals surface area contributed by atoms with Gasteiger partial charge in [0.1, 0.15) is 18.0 Å². The van der Waals surface area contributed by atoms with Gasteiger partial charge in [0, 0.05) is 48.1 Å². The third-order valence-electron chi connectivity index (χ3n) is 11.7. The van der Waals surface area contributed by atoms with E-state index in [2.05, 4.69) is 20.3 Å². The zero-order valence-electron chi connectivity index (χ0n) is 37.2. The maximum Gasteiger partial charge on any atom is 0.325 e. The minimum absolute atomic E-state index is 0.0470. The Morgan fingerprint density at radius 2 is 1.70 bits per heavy atom. The highest BCUT2D eigenvalue weighted by atomic mass is 32.1. The Hall–Kier alpha value is -4.37. The summed E-state index contributed by atoms with van der Waals surface area (Å²) < 4.78 is 10.4. The van der Waals surface area contributed by atoms with Crippen LogP contribution in [0.25, 0.3) is 0 Å². The number of carbonyl (C=O) groups is 6. The topological polar surface area (TPSA) is 185 Å². The van der Waals surface area contributed by atoms with E-state index in [9.17, 15) is 33.9 Å². The summed E-state index contributed by atoms with van der Waals surface area (Å²) in [6.07, 6.45) is 5.58. The Kier molecular flexibility index (Phi) is 20.6. The fourth-order valence-corrected chi connectivity index (χ4v) is 8.63. The number of nitrogens with zero attached hydrogens (tertiary/aromatic N) is 3. The van der Waals surface area contributed by atoms with E-state index in [4.69, 9.17) is 9.72 Å². The van der Waals surface area contributed by atoms with Crippen LogP contribution in [0, 0.1) is 23.7 Å². The molecule has 3 rings (SSSR count). The molecule has 3 N–H and O–H groups in total. The first kappa shape index (κ1) is 50.0. The third kappa shape index (κ3) is 15.3. The molecule has 2 aromatic rings. The van der Waals surface area contributed by atoms with E-state index in [0.717, 1.165) is 31.4 Å². The number of thiazole rings is 1. The predicted octanol–water partition coefficient (Wildman–Crippen LogP) is 6.26. The first-order chi connectivity index (χ1) is 28.5. The average molecular weight is 856 g/mol. The van der Waals surface area contributed by atoms with Crippen LogP contribution in [0.1, 0.15) is 133 Å². The van der Waals surface area contributed by atoms with Gasteiger partial charge in [0.2, 0.25) is 11.8 Å². The number of esters is 2. The second kappa shape index (κ2) is 24.8. The van der Waals surface area contributed by atoms with Gasteiger partial charge in [-0.1, -0.05) is 73.4 Å². The summed E-state index contributed by atoms with van der Waals surface area (Å²) in [5, 5.41) is 17.8. The number of nitrogens with one attached hydrogen (secondary N) is 2. The van der Waals surface area contributed by atoms with E-state index in [1.807, 2.05) is 48.6 Å². The number of likely N-dealkylation sites (tertiary alicyclic amines) is 1. The molecule has 0 spiro atoms. The van der Waals surface area contributed by atoms with Gasteiger partial charge in [0.15, 0.2) is 12.5 Å². The molecular formula is C45H69N5O9S. The Morgan fingerprint density at radius 3 is 2.32 bits per heavy atom. The van der Waals surface area contributed by atoms with Gasteiger partial charge >= 0.3 is 11.9 Å². The number of piperidine rings is 1. The number of aromatic nitrogens is 1. The number of carbonyl (C=O) groups excluding carboxylic acids is 6. The lowest BCUT2D eigenvalue weighted by Gasteiger charge is -2.39. The van der Waals surface area contributed by atoms with Crippen molar-refractivity contribution in [3.05, 3.63) is 45.9 Å². The van der Waals surface area contributed by atoms with E-state index in [0.29, 0.717) is 30.7 Å². The van der Waals surface area contributed by atoms with Crippen LogP contribution < -0.4 is 10.6 Å². The maximum atomic E-state index is 14.8. The normalized spacial score (nSPS) is 17.4. The average Bonchev–Trinajstić information content (AvgIpc) is 3.73. The lowest BCUT2D eigenvalue weighted by molar-refractivity contribution is -0.160. The molecular weight excluding hydrogens is 787 g/mol. The summed E-state index contributed by atoms with van der Waals surface area (Å²) in [7, 11) is 3.21. The van der Waals surface area contributed by atoms with Crippen LogP contribution in [-0.2, 0) is 39.9 Å². The molecule has 0 aliphatic carbocycles. The number of hydrogen-bond donors (Lipinski definition) is 3. The summed E-state index contributed by atoms with van der Waals surface area (Å²) in [5.41, 5.74) is 1.05. The van der Waals surface area contributed by atoms with Crippen molar-refractivity contribution in [3.63, 3.8) is 0 Å². The molecule has 1 aliphatic heterocycles. The largest absolute Gasteiger partial charge is 0.508 e. The third-order valence-corrected chi connectivity index (χ3v) is 12.8. The Balaban J connectivity index is 1.84. The van der Waals surface area contributed by atoms with Crippen LogP contribution >= 0.6 is 11.3 Å². The summed E-state index contributed by atoms with van der Waals surface area (Å²) >= 11 is 1.34. The Labute approximate surface area is 360 Å². The molecule has 1 aromatic carbocycles. The first-order valence-electron chi connectivity index (χ1n) is 21.6. The number of ether oxygens (including phenoxy) is 2. The van der Waals surface area contributed by atoms with Crippen LogP contribution in [0.3, 0.4) is 0 Å². The number of likely N-dealkylation sites (N-methyl/N-ethyl adjacent to an activating group) is 1. The maximum absolute atomic E-state index is 14.8. The number of hydrogen-bond acceptors (Lipinski definition) is 12. The second-order valence-corrected chi connectivity index (χ2v) is 17.7. The highest BCUT2D eigenvalue weighted by Crippen LogP contribution is 2.33. The standard InChI is InChI=1S/C45H69N5O9S/c1-10-14-40(53)59-27-50(45(57)35(29(5)11-2)24-39(52)37-15-12-13-20-49(37)8)38(28(3)4)22-31(7)44-48-36(26-60-44)43(56)47-33(23-32-16-18-34(51)19-17-32)21-30(6)42(55)46-25-41(54)58-9/h16-19,26,28-31,33,35,37-38,51H,10-15,20-25,27H2,1-9H3,(H,46,55)(H,47,56)/t29?,30-,31+,33+,35-,37+,38+/m0/s1. The summed E-state index contributed by atoms with van der Waals surface area (Å²) in [4.78, 5) is 87.9. The number of phenolic OH excluding ortho intramolecular Hbond substituents is 1. The van der Waals surface area contributed by atoms with Crippen LogP contribution in [0.15, 0.2) is 29.6 Å². The molecule has 1 unspecified atom stereocenters. The van der Waals surface area contributed by atoms with Crippen molar-refractivity contribution in [2.24, 2.45) is 23.7 Å². The van der Waals surface area contributed by atoms with Crippen molar-refractivity contribution in [1.29, 1.82) is 0 Å². The molecule has 14 nitrogen and oxygen atoms in total. The van der Waals surface area contributed by atoms with Crippen LogP contribution in [0.5, 0.6) is 5.75 Å². The number of ketones is 1. The van der Waals surface area contributed by atoms with Gasteiger partial charge in [0.25, 0.3) is 5.91 Å². The van der Waals surface area contributed by atoms with Gasteiger partial charge in [-0.3, -0.25) is 33.7 Å². The number of benzene rings is 1. The molecule has 3 amide bonds. The quantitative estimate of drug-likeness (QED) is 0.0800. The van der Waals surface area contributed by atoms with Crippen molar-refractivity contribution in [3.8, 4) is 5.75 Å². The van der Waals surface area contributed by atoms with Crippen LogP contribution in [0.4, 0.5) is 0 Å². The smallest absolute Gasteiger partial charge is 0.325 e. The van der Waals surface area contributed by atoms with Crippen molar-refractivity contribution in [2.75, 3.05) is 34.0 Å². The first-order valence-corrected chi connectivity index (χ1v) is 22.4. The van der Waals surface area contributed by atoms with Gasteiger partial charge in [-0.25, -0.2) is 4.98 Å². The lowest BCUT2D eigenvalue weighted by atomic mass is 9.82. The molecule has 0 saturated carbocycles. The molecule has 1 aliphatic rings. The lowest BCUT2D eigenvalue weighted by Crippen LogP contribution is -2.50. The highest BCUT2D eigenvalue weighted by Gasteiger charge is 2.38. The zero-order valence-corrected chi connectivity index (χ0v) is 38.0. The predicted molar refractivity (Wildman–Crippen MR) is 231 cm³/mol. The van der Waals surface area contributed by atoms with Crippen molar-refractivity contribution in [2.45, 2.75) is 137 Å². The number of rotatable bonds is 24. The molecule has 334 valence electrons. The van der Waals surface area contributed by atoms with E-state index in [1.54, 1.807) is 41.5 Å². The minimum atomic E-state index is -0.578. The van der Waals surface area contributed by atoms with Gasteiger partial charge in [-0.2, -0.15) is 0 Å². The van der Waals surface area contributed by atoms with Gasteiger partial charge in [-0.15, -0.1) is 11.3 Å². The molecule has 0 radical (unpaired) electrons. The Morgan fingerprint density at radius 1 is 1.00 bits per heavy atom. The van der Waals surface area contributed by atoms with Crippen molar-refractivity contribution < 1.29 is 43.3 Å². The Bertz CT molecular complexity index is 1720.